The molecule has 1 aliphatic carbocycles. The van der Waals surface area contributed by atoms with Crippen LogP contribution in [0.1, 0.15) is 51.1 Å². The predicted octanol–water partition coefficient (Wildman–Crippen LogP) is 3.36. The molecule has 3 atom stereocenters. The van der Waals surface area contributed by atoms with E-state index < -0.39 is 0 Å². The van der Waals surface area contributed by atoms with E-state index in [4.69, 9.17) is 17.3 Å². The Balaban J connectivity index is 2.00. The highest BCUT2D eigenvalue weighted by atomic mass is 35.5. The fourth-order valence-corrected chi connectivity index (χ4v) is 3.95. The Hall–Kier alpha value is -1.10. The molecule has 0 saturated heterocycles. The predicted molar refractivity (Wildman–Crippen MR) is 100 cm³/mol. The minimum Gasteiger partial charge on any atom is -0.354 e. The Kier molecular flexibility index (Phi) is 7.53. The molecule has 1 aliphatic rings. The van der Waals surface area contributed by atoms with E-state index in [-0.39, 0.29) is 18.0 Å². The number of halogens is 1. The third-order valence-electron chi connectivity index (χ3n) is 5.18. The van der Waals surface area contributed by atoms with Gasteiger partial charge in [-0.15, -0.1) is 0 Å². The lowest BCUT2D eigenvalue weighted by atomic mass is 9.99. The molecule has 4 nitrogen and oxygen atoms in total. The highest BCUT2D eigenvalue weighted by Crippen LogP contribution is 2.28. The molecule has 3 N–H and O–H groups in total. The van der Waals surface area contributed by atoms with Crippen LogP contribution in [0.2, 0.25) is 5.02 Å². The van der Waals surface area contributed by atoms with Crippen LogP contribution in [0.4, 0.5) is 0 Å². The largest absolute Gasteiger partial charge is 0.354 e. The lowest BCUT2D eigenvalue weighted by Crippen LogP contribution is -2.39. The quantitative estimate of drug-likeness (QED) is 0.755. The summed E-state index contributed by atoms with van der Waals surface area (Å²) in [5.74, 6) is 0.429. The van der Waals surface area contributed by atoms with Gasteiger partial charge in [0.05, 0.1) is 6.04 Å². The van der Waals surface area contributed by atoms with Gasteiger partial charge < -0.3 is 11.1 Å². The normalized spacial score (nSPS) is 21.9. The van der Waals surface area contributed by atoms with Crippen LogP contribution in [-0.2, 0) is 4.79 Å². The van der Waals surface area contributed by atoms with Crippen LogP contribution >= 0.6 is 11.6 Å². The van der Waals surface area contributed by atoms with E-state index in [9.17, 15) is 4.79 Å². The molecule has 0 spiro atoms. The number of nitrogens with two attached hydrogens (primary N) is 1. The van der Waals surface area contributed by atoms with Crippen molar-refractivity contribution in [1.82, 2.24) is 10.2 Å². The van der Waals surface area contributed by atoms with Crippen molar-refractivity contribution in [3.8, 4) is 0 Å². The summed E-state index contributed by atoms with van der Waals surface area (Å²) in [6.07, 6.45) is 3.79. The van der Waals surface area contributed by atoms with Crippen LogP contribution in [-0.4, -0.2) is 36.5 Å². The Morgan fingerprint density at radius 2 is 2.04 bits per heavy atom. The van der Waals surface area contributed by atoms with Crippen molar-refractivity contribution in [3.63, 3.8) is 0 Å². The average Bonchev–Trinajstić information content (AvgIpc) is 2.97. The molecule has 1 unspecified atom stereocenters. The van der Waals surface area contributed by atoms with Crippen molar-refractivity contribution in [1.29, 1.82) is 0 Å². The maximum Gasteiger partial charge on any atom is 0.220 e. The monoisotopic (exact) mass is 351 g/mol. The third kappa shape index (κ3) is 4.95. The Bertz CT molecular complexity index is 533. The number of benzene rings is 1. The summed E-state index contributed by atoms with van der Waals surface area (Å²) in [4.78, 5) is 14.7. The fraction of sp³-hybridized carbons (Fsp3) is 0.632. The summed E-state index contributed by atoms with van der Waals surface area (Å²) in [6.45, 7) is 6.66. The molecule has 1 amide bonds. The van der Waals surface area contributed by atoms with Gasteiger partial charge in [-0.2, -0.15) is 0 Å². The van der Waals surface area contributed by atoms with E-state index >= 15 is 0 Å². The molecule has 0 aliphatic heterocycles. The molecular formula is C19H30ClN3O. The molecule has 134 valence electrons. The number of carbonyl (C=O) groups is 1. The Labute approximate surface area is 150 Å². The zero-order valence-electron chi connectivity index (χ0n) is 14.8. The van der Waals surface area contributed by atoms with Gasteiger partial charge >= 0.3 is 0 Å². The third-order valence-corrected chi connectivity index (χ3v) is 5.52. The lowest BCUT2D eigenvalue weighted by Gasteiger charge is -2.31. The molecule has 2 rings (SSSR count). The average molecular weight is 352 g/mol. The number of likely N-dealkylation sites (N-methyl/N-ethyl adjacent to an activating group) is 1. The Morgan fingerprint density at radius 1 is 1.33 bits per heavy atom. The number of nitrogens with zero attached hydrogens (tertiary/aromatic N) is 1. The van der Waals surface area contributed by atoms with E-state index in [1.807, 2.05) is 24.3 Å². The van der Waals surface area contributed by atoms with Crippen LogP contribution in [0.3, 0.4) is 0 Å². The van der Waals surface area contributed by atoms with E-state index in [1.54, 1.807) is 0 Å². The number of nitrogens with one attached hydrogen (secondary N) is 1. The van der Waals surface area contributed by atoms with Crippen molar-refractivity contribution in [2.45, 2.75) is 51.6 Å². The molecule has 1 aromatic rings. The van der Waals surface area contributed by atoms with Gasteiger partial charge in [-0.05, 0) is 43.5 Å². The number of rotatable bonds is 8. The molecule has 1 aromatic carbocycles. The van der Waals surface area contributed by atoms with E-state index in [1.165, 1.54) is 0 Å². The lowest BCUT2D eigenvalue weighted by molar-refractivity contribution is -0.122. The van der Waals surface area contributed by atoms with Crippen molar-refractivity contribution in [2.75, 3.05) is 19.6 Å². The summed E-state index contributed by atoms with van der Waals surface area (Å²) in [6, 6.07) is 8.16. The van der Waals surface area contributed by atoms with Crippen LogP contribution in [0.25, 0.3) is 0 Å². The van der Waals surface area contributed by atoms with E-state index in [2.05, 4.69) is 24.1 Å². The summed E-state index contributed by atoms with van der Waals surface area (Å²) in [7, 11) is 0. The highest BCUT2D eigenvalue weighted by molar-refractivity contribution is 6.31. The van der Waals surface area contributed by atoms with Crippen LogP contribution in [0.5, 0.6) is 0 Å². The van der Waals surface area contributed by atoms with Crippen molar-refractivity contribution >= 4 is 17.5 Å². The van der Waals surface area contributed by atoms with Gasteiger partial charge in [0.25, 0.3) is 0 Å². The number of hydrogen-bond acceptors (Lipinski definition) is 3. The molecule has 0 radical (unpaired) electrons. The first kappa shape index (κ1) is 19.2. The SMILES string of the molecule is CCN(CC)C(CNC(=O)C[C@@H]1CCC[C@H]1N)c1ccccc1Cl. The minimum absolute atomic E-state index is 0.0925. The Morgan fingerprint density at radius 3 is 2.62 bits per heavy atom. The first-order chi connectivity index (χ1) is 11.6. The second-order valence-corrected chi connectivity index (χ2v) is 7.03. The minimum atomic E-state index is 0.0925. The standard InChI is InChI=1S/C19H30ClN3O/c1-3-23(4-2)18(15-9-5-6-10-16(15)20)13-22-19(24)12-14-8-7-11-17(14)21/h5-6,9-10,14,17-18H,3-4,7-8,11-13,21H2,1-2H3,(H,22,24)/t14-,17+,18?/m0/s1. The van der Waals surface area contributed by atoms with Crippen molar-refractivity contribution in [3.05, 3.63) is 34.9 Å². The van der Waals surface area contributed by atoms with Crippen LogP contribution in [0, 0.1) is 5.92 Å². The molecule has 24 heavy (non-hydrogen) atoms. The van der Waals surface area contributed by atoms with Crippen LogP contribution < -0.4 is 11.1 Å². The summed E-state index contributed by atoms with van der Waals surface area (Å²) in [5, 5.41) is 3.86. The maximum absolute atomic E-state index is 12.3. The van der Waals surface area contributed by atoms with Gasteiger partial charge in [0.2, 0.25) is 5.91 Å². The second kappa shape index (κ2) is 9.40. The molecular weight excluding hydrogens is 322 g/mol. The van der Waals surface area contributed by atoms with Gasteiger partial charge in [-0.1, -0.05) is 50.1 Å². The topological polar surface area (TPSA) is 58.4 Å². The van der Waals surface area contributed by atoms with E-state index in [0.29, 0.717) is 18.9 Å². The van der Waals surface area contributed by atoms with Crippen LogP contribution in [0.15, 0.2) is 24.3 Å². The molecule has 0 heterocycles. The summed E-state index contributed by atoms with van der Waals surface area (Å²) in [5.41, 5.74) is 7.15. The summed E-state index contributed by atoms with van der Waals surface area (Å²) >= 11 is 6.39. The highest BCUT2D eigenvalue weighted by Gasteiger charge is 2.27. The number of carbonyl (C=O) groups excluding carboxylic acids is 1. The van der Waals surface area contributed by atoms with Crippen molar-refractivity contribution in [2.24, 2.45) is 11.7 Å². The number of amides is 1. The first-order valence-corrected chi connectivity index (χ1v) is 9.45. The molecule has 0 aromatic heterocycles. The zero-order chi connectivity index (χ0) is 17.5. The molecule has 1 saturated carbocycles. The van der Waals surface area contributed by atoms with Gasteiger partial charge in [-0.25, -0.2) is 0 Å². The second-order valence-electron chi connectivity index (χ2n) is 6.62. The summed E-state index contributed by atoms with van der Waals surface area (Å²) < 4.78 is 0. The van der Waals surface area contributed by atoms with Crippen molar-refractivity contribution < 1.29 is 4.79 Å². The smallest absolute Gasteiger partial charge is 0.220 e. The first-order valence-electron chi connectivity index (χ1n) is 9.07. The maximum atomic E-state index is 12.3. The fourth-order valence-electron chi connectivity index (χ4n) is 3.69. The van der Waals surface area contributed by atoms with Gasteiger partial charge in [0.1, 0.15) is 0 Å². The number of hydrogen-bond donors (Lipinski definition) is 2. The van der Waals surface area contributed by atoms with E-state index in [0.717, 1.165) is 42.9 Å². The molecule has 1 fully saturated rings. The zero-order valence-corrected chi connectivity index (χ0v) is 15.6. The van der Waals surface area contributed by atoms with Gasteiger partial charge in [-0.3, -0.25) is 9.69 Å². The molecule has 5 heteroatoms. The molecule has 0 bridgehead atoms. The van der Waals surface area contributed by atoms with Gasteiger partial charge in [0, 0.05) is 24.0 Å². The van der Waals surface area contributed by atoms with Gasteiger partial charge in [0.15, 0.2) is 0 Å².